The van der Waals surface area contributed by atoms with Crippen molar-refractivity contribution in [3.63, 3.8) is 0 Å². The Labute approximate surface area is 183 Å². The van der Waals surface area contributed by atoms with E-state index in [4.69, 9.17) is 0 Å². The Bertz CT molecular complexity index is 487. The first-order valence-electron chi connectivity index (χ1n) is 11.3. The molecule has 0 amide bonds. The molecule has 1 aliphatic heterocycles. The quantitative estimate of drug-likeness (QED) is 0.249. The summed E-state index contributed by atoms with van der Waals surface area (Å²) < 4.78 is 0. The maximum Gasteiger partial charge on any atom is 0.113 e. The molecule has 0 aromatic carbocycles. The molecule has 0 aliphatic carbocycles. The van der Waals surface area contributed by atoms with Gasteiger partial charge in [-0.3, -0.25) is 0 Å². The van der Waals surface area contributed by atoms with Crippen molar-refractivity contribution >= 4 is 28.9 Å². The zero-order valence-corrected chi connectivity index (χ0v) is 26.7. The van der Waals surface area contributed by atoms with Crippen molar-refractivity contribution in [3.8, 4) is 0 Å². The predicted molar refractivity (Wildman–Crippen MR) is 144 cm³/mol. The van der Waals surface area contributed by atoms with Crippen LogP contribution in [0.1, 0.15) is 125 Å². The summed E-state index contributed by atoms with van der Waals surface area (Å²) in [5, 5.41) is 2.71. The van der Waals surface area contributed by atoms with Gasteiger partial charge in [0.2, 0.25) is 0 Å². The molecule has 1 fully saturated rings. The lowest BCUT2D eigenvalue weighted by Gasteiger charge is -2.86. The Hall–Kier alpha value is 1.29. The Morgan fingerprint density at radius 2 is 0.464 bits per heavy atom. The molecule has 0 aromatic heterocycles. The highest BCUT2D eigenvalue weighted by Gasteiger charge is 2.86. The first-order chi connectivity index (χ1) is 11.7. The third-order valence-corrected chi connectivity index (χ3v) is 78.4. The highest BCUT2D eigenvalue weighted by atomic mass is 32.1. The molecular formula is C24H54P2Si2. The average molecular weight is 461 g/mol. The molecule has 0 unspecified atom stereocenters. The molecule has 0 spiro atoms. The van der Waals surface area contributed by atoms with Gasteiger partial charge in [0.1, 0.15) is 14.8 Å². The highest BCUT2D eigenvalue weighted by Crippen LogP contribution is 3.06. The summed E-state index contributed by atoms with van der Waals surface area (Å²) in [5.74, 6) is 0. The molecule has 168 valence electrons. The van der Waals surface area contributed by atoms with Crippen molar-refractivity contribution in [2.75, 3.05) is 0 Å². The summed E-state index contributed by atoms with van der Waals surface area (Å²) in [6, 6.07) is 0. The van der Waals surface area contributed by atoms with Gasteiger partial charge >= 0.3 is 0 Å². The van der Waals surface area contributed by atoms with Crippen LogP contribution >= 0.6 is 14.0 Å². The van der Waals surface area contributed by atoms with Crippen LogP contribution in [0.15, 0.2) is 0 Å². The van der Waals surface area contributed by atoms with Crippen LogP contribution in [0.3, 0.4) is 0 Å². The second-order valence-corrected chi connectivity index (χ2v) is 46.3. The molecule has 0 N–H and O–H groups in total. The zero-order chi connectivity index (χ0) is 23.2. The van der Waals surface area contributed by atoms with Crippen molar-refractivity contribution in [1.29, 1.82) is 0 Å². The van der Waals surface area contributed by atoms with Crippen LogP contribution in [0.5, 0.6) is 0 Å². The van der Waals surface area contributed by atoms with Gasteiger partial charge in [0.05, 0.1) is 0 Å². The average Bonchev–Trinajstić information content (AvgIpc) is 2.13. The van der Waals surface area contributed by atoms with Crippen molar-refractivity contribution in [3.05, 3.63) is 0 Å². The van der Waals surface area contributed by atoms with Crippen molar-refractivity contribution in [2.45, 2.75) is 155 Å². The van der Waals surface area contributed by atoms with Gasteiger partial charge in [0, 0.05) is 0 Å². The molecule has 4 heteroatoms. The maximum absolute atomic E-state index is 2.65. The van der Waals surface area contributed by atoms with Crippen LogP contribution in [0.25, 0.3) is 0 Å². The van der Waals surface area contributed by atoms with Crippen LogP contribution in [-0.4, -0.2) is 25.1 Å². The number of rotatable bonds is 0. The standard InChI is InChI=1S/C24H54P2Si2/c1-19(2,3)25-27(21(7,8)9,22(10,11)12)26(20(4,5)6)28(25,23(13,14)15)24(16,17)18/h1-18H3. The lowest BCUT2D eigenvalue weighted by Crippen LogP contribution is -2.76. The van der Waals surface area contributed by atoms with E-state index in [0.717, 1.165) is 0 Å². The summed E-state index contributed by atoms with van der Waals surface area (Å²) >= 11 is 0. The van der Waals surface area contributed by atoms with E-state index in [2.05, 4.69) is 125 Å². The predicted octanol–water partition coefficient (Wildman–Crippen LogP) is 10.6. The summed E-state index contributed by atoms with van der Waals surface area (Å²) in [6.45, 7) is 47.6. The fourth-order valence-electron chi connectivity index (χ4n) is 7.50. The fraction of sp³-hybridized carbons (Fsp3) is 1.00. The Kier molecular flexibility index (Phi) is 6.73. The van der Waals surface area contributed by atoms with Crippen LogP contribution in [0.2, 0.25) is 20.2 Å². The van der Waals surface area contributed by atoms with E-state index in [-0.39, 0.29) is 14.0 Å². The lowest BCUT2D eigenvalue weighted by molar-refractivity contribution is 0.624. The van der Waals surface area contributed by atoms with Crippen LogP contribution < -0.4 is 0 Å². The minimum atomic E-state index is -1.64. The van der Waals surface area contributed by atoms with Crippen LogP contribution in [0.4, 0.5) is 0 Å². The summed E-state index contributed by atoms with van der Waals surface area (Å²) in [4.78, 5) is 0. The van der Waals surface area contributed by atoms with E-state index >= 15 is 0 Å². The first kappa shape index (κ1) is 27.3. The van der Waals surface area contributed by atoms with Gasteiger partial charge in [-0.25, -0.2) is 0 Å². The molecule has 0 atom stereocenters. The minimum Gasteiger partial charge on any atom is -0.112 e. The molecule has 1 heterocycles. The Morgan fingerprint density at radius 3 is 0.536 bits per heavy atom. The van der Waals surface area contributed by atoms with Crippen LogP contribution in [-0.2, 0) is 0 Å². The molecule has 0 nitrogen and oxygen atoms in total. The molecule has 1 rings (SSSR count). The normalized spacial score (nSPS) is 26.8. The molecule has 1 aliphatic rings. The largest absolute Gasteiger partial charge is 0.113 e. The Balaban J connectivity index is 4.32. The molecule has 0 bridgehead atoms. The van der Waals surface area contributed by atoms with E-state index in [9.17, 15) is 0 Å². The lowest BCUT2D eigenvalue weighted by atomic mass is 10.2. The SMILES string of the molecule is CC(C)(C)P1[Si](C(C)(C)C)(C(C)(C)C)P(C(C)(C)C)[Si]1(C(C)(C)C)C(C)(C)C. The Morgan fingerprint density at radius 1 is 0.321 bits per heavy atom. The van der Waals surface area contributed by atoms with E-state index in [0.29, 0.717) is 30.5 Å². The molecule has 1 saturated heterocycles. The summed E-state index contributed by atoms with van der Waals surface area (Å²) in [7, 11) is -3.25. The highest BCUT2D eigenvalue weighted by molar-refractivity contribution is 8.67. The van der Waals surface area contributed by atoms with Crippen LogP contribution in [0, 0.1) is 0 Å². The molecule has 0 aromatic rings. The monoisotopic (exact) mass is 460 g/mol. The van der Waals surface area contributed by atoms with Gasteiger partial charge in [-0.2, -0.15) is 0 Å². The second-order valence-electron chi connectivity index (χ2n) is 15.4. The van der Waals surface area contributed by atoms with Gasteiger partial charge in [-0.15, -0.1) is 14.0 Å². The third kappa shape index (κ3) is 3.51. The molecule has 0 saturated carbocycles. The van der Waals surface area contributed by atoms with Gasteiger partial charge < -0.3 is 0 Å². The van der Waals surface area contributed by atoms with Crippen molar-refractivity contribution in [2.24, 2.45) is 0 Å². The van der Waals surface area contributed by atoms with E-state index in [1.807, 2.05) is 0 Å². The third-order valence-electron chi connectivity index (χ3n) is 6.82. The van der Waals surface area contributed by atoms with E-state index in [1.165, 1.54) is 0 Å². The molecular weight excluding hydrogens is 406 g/mol. The van der Waals surface area contributed by atoms with Crippen molar-refractivity contribution in [1.82, 2.24) is 0 Å². The summed E-state index contributed by atoms with van der Waals surface area (Å²) in [5.41, 5.74) is 0. The van der Waals surface area contributed by atoms with E-state index < -0.39 is 14.8 Å². The fourth-order valence-corrected chi connectivity index (χ4v) is 119. The number of hydrogen-bond acceptors (Lipinski definition) is 0. The number of hydrogen-bond donors (Lipinski definition) is 0. The van der Waals surface area contributed by atoms with Crippen molar-refractivity contribution < 1.29 is 0 Å². The minimum absolute atomic E-state index is 0.0165. The molecule has 0 radical (unpaired) electrons. The smallest absolute Gasteiger partial charge is 0.112 e. The summed E-state index contributed by atoms with van der Waals surface area (Å²) in [6.07, 6.45) is 0. The van der Waals surface area contributed by atoms with Gasteiger partial charge in [-0.1, -0.05) is 125 Å². The van der Waals surface area contributed by atoms with Gasteiger partial charge in [0.25, 0.3) is 0 Å². The van der Waals surface area contributed by atoms with Gasteiger partial charge in [0.15, 0.2) is 0 Å². The first-order valence-corrected chi connectivity index (χ1v) is 21.4. The topological polar surface area (TPSA) is 0 Å². The van der Waals surface area contributed by atoms with E-state index in [1.54, 1.807) is 0 Å². The van der Waals surface area contributed by atoms with Gasteiger partial charge in [-0.05, 0) is 30.5 Å². The maximum atomic E-state index is 2.65. The second kappa shape index (κ2) is 6.89. The molecule has 28 heavy (non-hydrogen) atoms. The zero-order valence-electron chi connectivity index (χ0n) is 22.9.